The van der Waals surface area contributed by atoms with Crippen LogP contribution in [0.4, 0.5) is 5.69 Å². The van der Waals surface area contributed by atoms with Gasteiger partial charge in [-0.1, -0.05) is 11.6 Å². The van der Waals surface area contributed by atoms with Crippen molar-refractivity contribution in [3.05, 3.63) is 38.9 Å². The van der Waals surface area contributed by atoms with Gasteiger partial charge in [-0.05, 0) is 26.0 Å². The SMILES string of the molecule is CC(C)(C#N)NC(=O)c1ccc(Cl)c([N+](=O)[O-])c1. The highest BCUT2D eigenvalue weighted by Gasteiger charge is 2.22. The second-order valence-corrected chi connectivity index (χ2v) is 4.52. The van der Waals surface area contributed by atoms with Crippen molar-refractivity contribution in [2.45, 2.75) is 19.4 Å². The number of nitro groups is 1. The van der Waals surface area contributed by atoms with Crippen LogP contribution in [0.25, 0.3) is 0 Å². The maximum absolute atomic E-state index is 11.8. The Morgan fingerprint density at radius 1 is 1.56 bits per heavy atom. The summed E-state index contributed by atoms with van der Waals surface area (Å²) in [4.78, 5) is 21.8. The molecule has 1 aromatic carbocycles. The topological polar surface area (TPSA) is 96.0 Å². The van der Waals surface area contributed by atoms with Crippen LogP contribution in [0.15, 0.2) is 18.2 Å². The van der Waals surface area contributed by atoms with E-state index in [0.29, 0.717) is 0 Å². The van der Waals surface area contributed by atoms with E-state index in [-0.39, 0.29) is 16.3 Å². The number of nitrogens with zero attached hydrogens (tertiary/aromatic N) is 2. The maximum Gasteiger partial charge on any atom is 0.288 e. The van der Waals surface area contributed by atoms with Crippen LogP contribution in [0.1, 0.15) is 24.2 Å². The number of nitrogens with one attached hydrogen (secondary N) is 1. The number of halogens is 1. The highest BCUT2D eigenvalue weighted by atomic mass is 35.5. The standard InChI is InChI=1S/C11H10ClN3O3/c1-11(2,6-13)14-10(16)7-3-4-8(12)9(5-7)15(17)18/h3-5H,1-2H3,(H,14,16). The Labute approximate surface area is 108 Å². The molecular formula is C11H10ClN3O3. The van der Waals surface area contributed by atoms with Gasteiger partial charge in [-0.3, -0.25) is 14.9 Å². The minimum Gasteiger partial charge on any atom is -0.334 e. The van der Waals surface area contributed by atoms with Crippen molar-refractivity contribution in [3.63, 3.8) is 0 Å². The Morgan fingerprint density at radius 2 is 2.17 bits per heavy atom. The van der Waals surface area contributed by atoms with Gasteiger partial charge in [0, 0.05) is 11.6 Å². The van der Waals surface area contributed by atoms with Crippen LogP contribution in [-0.2, 0) is 0 Å². The average molecular weight is 268 g/mol. The second-order valence-electron chi connectivity index (χ2n) is 4.11. The number of benzene rings is 1. The van der Waals surface area contributed by atoms with E-state index in [0.717, 1.165) is 6.07 Å². The van der Waals surface area contributed by atoms with Crippen molar-refractivity contribution in [2.24, 2.45) is 0 Å². The molecule has 1 amide bonds. The number of nitriles is 1. The summed E-state index contributed by atoms with van der Waals surface area (Å²) >= 11 is 5.63. The molecule has 94 valence electrons. The van der Waals surface area contributed by atoms with E-state index in [1.54, 1.807) is 0 Å². The average Bonchev–Trinajstić information content (AvgIpc) is 2.28. The van der Waals surface area contributed by atoms with Crippen LogP contribution >= 0.6 is 11.6 Å². The van der Waals surface area contributed by atoms with Gasteiger partial charge in [0.05, 0.1) is 11.0 Å². The van der Waals surface area contributed by atoms with Crippen LogP contribution in [0.5, 0.6) is 0 Å². The Hall–Kier alpha value is -2.13. The normalized spacial score (nSPS) is 10.6. The largest absolute Gasteiger partial charge is 0.334 e. The summed E-state index contributed by atoms with van der Waals surface area (Å²) in [6, 6.07) is 5.60. The van der Waals surface area contributed by atoms with Crippen molar-refractivity contribution in [1.29, 1.82) is 5.26 Å². The molecule has 18 heavy (non-hydrogen) atoms. The highest BCUT2D eigenvalue weighted by molar-refractivity contribution is 6.32. The molecule has 0 aromatic heterocycles. The van der Waals surface area contributed by atoms with E-state index < -0.39 is 16.4 Å². The number of carbonyl (C=O) groups excluding carboxylic acids is 1. The maximum atomic E-state index is 11.8. The van der Waals surface area contributed by atoms with Crippen LogP contribution in [0, 0.1) is 21.4 Å². The third-order valence-corrected chi connectivity index (χ3v) is 2.43. The summed E-state index contributed by atoms with van der Waals surface area (Å²) < 4.78 is 0. The fourth-order valence-electron chi connectivity index (χ4n) is 1.18. The molecule has 7 heteroatoms. The van der Waals surface area contributed by atoms with Gasteiger partial charge in [-0.25, -0.2) is 0 Å². The summed E-state index contributed by atoms with van der Waals surface area (Å²) in [5.74, 6) is -0.568. The van der Waals surface area contributed by atoms with Gasteiger partial charge in [-0.2, -0.15) is 5.26 Å². The van der Waals surface area contributed by atoms with Gasteiger partial charge in [0.15, 0.2) is 0 Å². The molecular weight excluding hydrogens is 258 g/mol. The van der Waals surface area contributed by atoms with Gasteiger partial charge in [-0.15, -0.1) is 0 Å². The quantitative estimate of drug-likeness (QED) is 0.671. The predicted octanol–water partition coefficient (Wildman–Crippen LogP) is 2.28. The van der Waals surface area contributed by atoms with Crippen LogP contribution in [0.3, 0.4) is 0 Å². The zero-order chi connectivity index (χ0) is 13.9. The van der Waals surface area contributed by atoms with Crippen LogP contribution in [-0.4, -0.2) is 16.4 Å². The van der Waals surface area contributed by atoms with E-state index in [1.165, 1.54) is 26.0 Å². The lowest BCUT2D eigenvalue weighted by Gasteiger charge is -2.17. The van der Waals surface area contributed by atoms with E-state index in [2.05, 4.69) is 5.32 Å². The lowest BCUT2D eigenvalue weighted by atomic mass is 10.1. The summed E-state index contributed by atoms with van der Waals surface area (Å²) in [6.45, 7) is 3.05. The number of nitro benzene ring substituents is 1. The molecule has 0 bridgehead atoms. The Bertz CT molecular complexity index is 549. The summed E-state index contributed by atoms with van der Waals surface area (Å²) in [5, 5.41) is 21.9. The molecule has 0 saturated carbocycles. The van der Waals surface area contributed by atoms with Crippen molar-refractivity contribution >= 4 is 23.2 Å². The van der Waals surface area contributed by atoms with Crippen LogP contribution < -0.4 is 5.32 Å². The number of amides is 1. The number of hydrogen-bond acceptors (Lipinski definition) is 4. The molecule has 6 nitrogen and oxygen atoms in total. The van der Waals surface area contributed by atoms with E-state index in [1.807, 2.05) is 6.07 Å². The molecule has 1 aromatic rings. The second kappa shape index (κ2) is 5.02. The fourth-order valence-corrected chi connectivity index (χ4v) is 1.36. The van der Waals surface area contributed by atoms with Gasteiger partial charge < -0.3 is 5.32 Å². The molecule has 1 N–H and O–H groups in total. The highest BCUT2D eigenvalue weighted by Crippen LogP contribution is 2.25. The molecule has 0 unspecified atom stereocenters. The first kappa shape index (κ1) is 13.9. The summed E-state index contributed by atoms with van der Waals surface area (Å²) in [5.41, 5.74) is -1.32. The number of hydrogen-bond donors (Lipinski definition) is 1. The zero-order valence-corrected chi connectivity index (χ0v) is 10.5. The lowest BCUT2D eigenvalue weighted by Crippen LogP contribution is -2.42. The predicted molar refractivity (Wildman–Crippen MR) is 65.3 cm³/mol. The fraction of sp³-hybridized carbons (Fsp3) is 0.273. The van der Waals surface area contributed by atoms with Gasteiger partial charge in [0.2, 0.25) is 0 Å². The molecule has 0 saturated heterocycles. The minimum absolute atomic E-state index is 0.0453. The minimum atomic E-state index is -1.05. The van der Waals surface area contributed by atoms with Crippen molar-refractivity contribution in [2.75, 3.05) is 0 Å². The molecule has 0 aliphatic rings. The third-order valence-electron chi connectivity index (χ3n) is 2.11. The third kappa shape index (κ3) is 3.18. The van der Waals surface area contributed by atoms with Crippen LogP contribution in [0.2, 0.25) is 5.02 Å². The van der Waals surface area contributed by atoms with Gasteiger partial charge in [0.25, 0.3) is 11.6 Å². The number of carbonyl (C=O) groups is 1. The smallest absolute Gasteiger partial charge is 0.288 e. The van der Waals surface area contributed by atoms with Crippen molar-refractivity contribution in [3.8, 4) is 6.07 Å². The molecule has 0 aliphatic heterocycles. The van der Waals surface area contributed by atoms with E-state index in [9.17, 15) is 14.9 Å². The zero-order valence-electron chi connectivity index (χ0n) is 9.73. The number of rotatable bonds is 3. The van der Waals surface area contributed by atoms with Crippen molar-refractivity contribution < 1.29 is 9.72 Å². The van der Waals surface area contributed by atoms with E-state index >= 15 is 0 Å². The Kier molecular flexibility index (Phi) is 3.89. The van der Waals surface area contributed by atoms with Gasteiger partial charge >= 0.3 is 0 Å². The summed E-state index contributed by atoms with van der Waals surface area (Å²) in [6.07, 6.45) is 0. The molecule has 0 radical (unpaired) electrons. The molecule has 0 atom stereocenters. The summed E-state index contributed by atoms with van der Waals surface area (Å²) in [7, 11) is 0. The molecule has 0 fully saturated rings. The molecule has 0 spiro atoms. The van der Waals surface area contributed by atoms with Gasteiger partial charge in [0.1, 0.15) is 10.6 Å². The lowest BCUT2D eigenvalue weighted by molar-refractivity contribution is -0.384. The monoisotopic (exact) mass is 267 g/mol. The molecule has 0 aliphatic carbocycles. The molecule has 0 heterocycles. The first-order valence-electron chi connectivity index (χ1n) is 4.94. The first-order valence-corrected chi connectivity index (χ1v) is 5.32. The van der Waals surface area contributed by atoms with E-state index in [4.69, 9.17) is 16.9 Å². The van der Waals surface area contributed by atoms with Crippen molar-refractivity contribution in [1.82, 2.24) is 5.32 Å². The Balaban J connectivity index is 3.06. The first-order chi connectivity index (χ1) is 8.26. The molecule has 1 rings (SSSR count). The Morgan fingerprint density at radius 3 is 2.67 bits per heavy atom.